The number of rotatable bonds is 3. The molecule has 0 unspecified atom stereocenters. The van der Waals surface area contributed by atoms with E-state index >= 15 is 0 Å². The van der Waals surface area contributed by atoms with Crippen LogP contribution in [0, 0.1) is 0 Å². The molecule has 4 heteroatoms. The van der Waals surface area contributed by atoms with E-state index in [0.717, 1.165) is 6.29 Å². The van der Waals surface area contributed by atoms with E-state index < -0.39 is 6.10 Å². The fourth-order valence-electron chi connectivity index (χ4n) is 1.21. The molecular formula is C7H12O4. The summed E-state index contributed by atoms with van der Waals surface area (Å²) in [5.74, 6) is 0. The Morgan fingerprint density at radius 1 is 1.45 bits per heavy atom. The van der Waals surface area contributed by atoms with Gasteiger partial charge in [0.25, 0.3) is 0 Å². The summed E-state index contributed by atoms with van der Waals surface area (Å²) in [6.45, 7) is 0.429. The van der Waals surface area contributed by atoms with Crippen LogP contribution < -0.4 is 0 Å². The summed E-state index contributed by atoms with van der Waals surface area (Å²) in [4.78, 5) is 10.4. The Hall–Kier alpha value is -0.450. The maximum absolute atomic E-state index is 10.4. The van der Waals surface area contributed by atoms with Crippen molar-refractivity contribution >= 4 is 6.29 Å². The molecule has 1 rings (SSSR count). The van der Waals surface area contributed by atoms with Crippen LogP contribution in [-0.4, -0.2) is 45.4 Å². The molecule has 0 aromatic rings. The summed E-state index contributed by atoms with van der Waals surface area (Å²) in [5.41, 5.74) is 0. The molecule has 0 aromatic carbocycles. The maximum atomic E-state index is 10.4. The van der Waals surface area contributed by atoms with Gasteiger partial charge in [-0.2, -0.15) is 0 Å². The molecule has 1 heterocycles. The Kier molecular flexibility index (Phi) is 2.99. The van der Waals surface area contributed by atoms with Gasteiger partial charge in [-0.1, -0.05) is 0 Å². The molecule has 3 atom stereocenters. The van der Waals surface area contributed by atoms with Gasteiger partial charge in [0, 0.05) is 14.2 Å². The third kappa shape index (κ3) is 1.58. The highest BCUT2D eigenvalue weighted by Gasteiger charge is 2.37. The van der Waals surface area contributed by atoms with Gasteiger partial charge in [-0.3, -0.25) is 0 Å². The molecule has 1 aliphatic heterocycles. The Morgan fingerprint density at radius 2 is 2.18 bits per heavy atom. The number of carbonyl (C=O) groups is 1. The molecule has 64 valence electrons. The average Bonchev–Trinajstić information content (AvgIpc) is 2.45. The van der Waals surface area contributed by atoms with Crippen LogP contribution in [0.25, 0.3) is 0 Å². The second-order valence-electron chi connectivity index (χ2n) is 2.41. The van der Waals surface area contributed by atoms with E-state index in [4.69, 9.17) is 14.2 Å². The van der Waals surface area contributed by atoms with E-state index in [2.05, 4.69) is 0 Å². The van der Waals surface area contributed by atoms with Crippen molar-refractivity contribution in [3.05, 3.63) is 0 Å². The van der Waals surface area contributed by atoms with Crippen LogP contribution >= 0.6 is 0 Å². The van der Waals surface area contributed by atoms with Gasteiger partial charge in [-0.15, -0.1) is 0 Å². The number of aldehydes is 1. The minimum Gasteiger partial charge on any atom is -0.376 e. The van der Waals surface area contributed by atoms with Crippen LogP contribution in [0.1, 0.15) is 0 Å². The lowest BCUT2D eigenvalue weighted by Gasteiger charge is -2.16. The number of hydrogen-bond acceptors (Lipinski definition) is 4. The zero-order valence-corrected chi connectivity index (χ0v) is 6.65. The molecule has 0 spiro atoms. The van der Waals surface area contributed by atoms with Crippen LogP contribution in [0.4, 0.5) is 0 Å². The molecule has 4 nitrogen and oxygen atoms in total. The van der Waals surface area contributed by atoms with Crippen molar-refractivity contribution in [3.8, 4) is 0 Å². The largest absolute Gasteiger partial charge is 0.376 e. The SMILES string of the molecule is CO[C@H]1[C@@H](C=O)OC[C@H]1OC. The van der Waals surface area contributed by atoms with Gasteiger partial charge in [-0.05, 0) is 0 Å². The number of carbonyl (C=O) groups excluding carboxylic acids is 1. The zero-order chi connectivity index (χ0) is 8.27. The maximum Gasteiger partial charge on any atom is 0.151 e. The van der Waals surface area contributed by atoms with Crippen LogP contribution in [0.2, 0.25) is 0 Å². The van der Waals surface area contributed by atoms with Crippen LogP contribution in [0.5, 0.6) is 0 Å². The Morgan fingerprint density at radius 3 is 2.64 bits per heavy atom. The topological polar surface area (TPSA) is 44.8 Å². The molecule has 0 amide bonds. The molecule has 1 aliphatic rings. The minimum atomic E-state index is -0.468. The van der Waals surface area contributed by atoms with Crippen molar-refractivity contribution in [1.29, 1.82) is 0 Å². The van der Waals surface area contributed by atoms with E-state index in [1.54, 1.807) is 14.2 Å². The van der Waals surface area contributed by atoms with Crippen LogP contribution in [0.3, 0.4) is 0 Å². The van der Waals surface area contributed by atoms with E-state index in [1.807, 2.05) is 0 Å². The second-order valence-corrected chi connectivity index (χ2v) is 2.41. The van der Waals surface area contributed by atoms with Crippen molar-refractivity contribution in [2.24, 2.45) is 0 Å². The number of hydrogen-bond donors (Lipinski definition) is 0. The first-order valence-corrected chi connectivity index (χ1v) is 3.46. The lowest BCUT2D eigenvalue weighted by atomic mass is 10.2. The van der Waals surface area contributed by atoms with E-state index in [1.165, 1.54) is 0 Å². The van der Waals surface area contributed by atoms with Gasteiger partial charge in [0.05, 0.1) is 6.61 Å². The monoisotopic (exact) mass is 160 g/mol. The minimum absolute atomic E-state index is 0.116. The van der Waals surface area contributed by atoms with Crippen LogP contribution in [-0.2, 0) is 19.0 Å². The first kappa shape index (κ1) is 8.64. The zero-order valence-electron chi connectivity index (χ0n) is 6.65. The smallest absolute Gasteiger partial charge is 0.151 e. The van der Waals surface area contributed by atoms with Gasteiger partial charge in [-0.25, -0.2) is 0 Å². The van der Waals surface area contributed by atoms with Crippen molar-refractivity contribution < 1.29 is 19.0 Å². The van der Waals surface area contributed by atoms with Gasteiger partial charge < -0.3 is 19.0 Å². The molecule has 1 fully saturated rings. The molecular weight excluding hydrogens is 148 g/mol. The first-order valence-electron chi connectivity index (χ1n) is 3.46. The molecule has 0 saturated carbocycles. The first-order chi connectivity index (χ1) is 5.33. The highest BCUT2D eigenvalue weighted by Crippen LogP contribution is 2.17. The van der Waals surface area contributed by atoms with E-state index in [9.17, 15) is 4.79 Å². The quantitative estimate of drug-likeness (QED) is 0.528. The Bertz CT molecular complexity index is 136. The Labute approximate surface area is 65.4 Å². The summed E-state index contributed by atoms with van der Waals surface area (Å²) < 4.78 is 15.2. The van der Waals surface area contributed by atoms with E-state index in [0.29, 0.717) is 6.61 Å². The third-order valence-electron chi connectivity index (χ3n) is 1.85. The second kappa shape index (κ2) is 3.80. The van der Waals surface area contributed by atoms with Gasteiger partial charge in [0.2, 0.25) is 0 Å². The molecule has 0 N–H and O–H groups in total. The predicted molar refractivity (Wildman–Crippen MR) is 37.4 cm³/mol. The van der Waals surface area contributed by atoms with Crippen molar-refractivity contribution in [1.82, 2.24) is 0 Å². The fourth-order valence-corrected chi connectivity index (χ4v) is 1.21. The van der Waals surface area contributed by atoms with Crippen molar-refractivity contribution in [2.45, 2.75) is 18.3 Å². The van der Waals surface area contributed by atoms with Crippen molar-refractivity contribution in [2.75, 3.05) is 20.8 Å². The lowest BCUT2D eigenvalue weighted by molar-refractivity contribution is -0.120. The fraction of sp³-hybridized carbons (Fsp3) is 0.857. The normalized spacial score (nSPS) is 37.5. The predicted octanol–water partition coefficient (Wildman–Crippen LogP) is -0.386. The summed E-state index contributed by atoms with van der Waals surface area (Å²) in [7, 11) is 3.12. The van der Waals surface area contributed by atoms with Gasteiger partial charge in [0.15, 0.2) is 6.29 Å². The molecule has 0 aromatic heterocycles. The lowest BCUT2D eigenvalue weighted by Crippen LogP contribution is -2.34. The summed E-state index contributed by atoms with van der Waals surface area (Å²) in [5, 5.41) is 0. The molecule has 1 saturated heterocycles. The van der Waals surface area contributed by atoms with Gasteiger partial charge in [0.1, 0.15) is 18.3 Å². The summed E-state index contributed by atoms with van der Waals surface area (Å²) >= 11 is 0. The average molecular weight is 160 g/mol. The molecule has 0 bridgehead atoms. The van der Waals surface area contributed by atoms with Crippen LogP contribution in [0.15, 0.2) is 0 Å². The number of methoxy groups -OCH3 is 2. The summed E-state index contributed by atoms with van der Waals surface area (Å²) in [6.07, 6.45) is -0.0923. The standard InChI is InChI=1S/C7H12O4/c1-9-6-4-11-5(3-8)7(6)10-2/h3,5-7H,4H2,1-2H3/t5-,6-,7+/m1/s1. The third-order valence-corrected chi connectivity index (χ3v) is 1.85. The number of ether oxygens (including phenoxy) is 3. The molecule has 0 radical (unpaired) electrons. The van der Waals surface area contributed by atoms with Crippen molar-refractivity contribution in [3.63, 3.8) is 0 Å². The molecule has 0 aliphatic carbocycles. The van der Waals surface area contributed by atoms with Gasteiger partial charge >= 0.3 is 0 Å². The Balaban J connectivity index is 2.54. The highest BCUT2D eigenvalue weighted by atomic mass is 16.6. The van der Waals surface area contributed by atoms with E-state index in [-0.39, 0.29) is 12.2 Å². The highest BCUT2D eigenvalue weighted by molar-refractivity contribution is 5.58. The summed E-state index contributed by atoms with van der Waals surface area (Å²) in [6, 6.07) is 0. The molecule has 11 heavy (non-hydrogen) atoms.